The molecule has 0 radical (unpaired) electrons. The quantitative estimate of drug-likeness (QED) is 0.722. The van der Waals surface area contributed by atoms with Crippen molar-refractivity contribution in [2.24, 2.45) is 0 Å². The number of carbonyl (C=O) groups is 2. The van der Waals surface area contributed by atoms with Gasteiger partial charge in [-0.1, -0.05) is 13.8 Å². The van der Waals surface area contributed by atoms with Crippen molar-refractivity contribution >= 4 is 23.0 Å². The van der Waals surface area contributed by atoms with Gasteiger partial charge in [0, 0.05) is 24.3 Å². The van der Waals surface area contributed by atoms with Crippen LogP contribution in [0.1, 0.15) is 29.8 Å². The van der Waals surface area contributed by atoms with E-state index >= 15 is 0 Å². The first-order valence-corrected chi connectivity index (χ1v) is 6.59. The summed E-state index contributed by atoms with van der Waals surface area (Å²) in [5.74, 6) is -1.40. The summed E-state index contributed by atoms with van der Waals surface area (Å²) in [6.07, 6.45) is 3.13. The van der Waals surface area contributed by atoms with E-state index < -0.39 is 11.9 Å². The molecule has 2 heterocycles. The van der Waals surface area contributed by atoms with Gasteiger partial charge in [-0.2, -0.15) is 0 Å². The average molecular weight is 293 g/mol. The fourth-order valence-electron chi connectivity index (χ4n) is 1.85. The molecule has 7 nitrogen and oxygen atoms in total. The van der Waals surface area contributed by atoms with E-state index in [0.29, 0.717) is 23.1 Å². The molecule has 2 aromatic rings. The number of hydrogen-bond donors (Lipinski definition) is 3. The second kappa shape index (κ2) is 8.01. The molecule has 7 heteroatoms. The molecular weight excluding hydrogens is 274 g/mol. The van der Waals surface area contributed by atoms with Gasteiger partial charge in [-0.3, -0.25) is 4.79 Å². The number of H-pyrrole nitrogens is 1. The molecule has 0 saturated heterocycles. The molecule has 2 aromatic heterocycles. The molecule has 21 heavy (non-hydrogen) atoms. The highest BCUT2D eigenvalue weighted by atomic mass is 16.5. The van der Waals surface area contributed by atoms with Crippen LogP contribution >= 0.6 is 0 Å². The third-order valence-electron chi connectivity index (χ3n) is 2.66. The minimum absolute atomic E-state index is 0.151. The number of ether oxygens (including phenoxy) is 1. The number of aromatic nitrogens is 2. The Bertz CT molecular complexity index is 622. The Hall–Kier alpha value is -2.41. The largest absolute Gasteiger partial charge is 0.480 e. The van der Waals surface area contributed by atoms with Crippen molar-refractivity contribution in [1.29, 1.82) is 0 Å². The van der Waals surface area contributed by atoms with Gasteiger partial charge >= 0.3 is 11.9 Å². The Balaban J connectivity index is 0.00000106. The van der Waals surface area contributed by atoms with Crippen molar-refractivity contribution < 1.29 is 19.4 Å². The third-order valence-corrected chi connectivity index (χ3v) is 2.66. The minimum Gasteiger partial charge on any atom is -0.480 e. The van der Waals surface area contributed by atoms with Gasteiger partial charge in [-0.05, 0) is 11.6 Å². The van der Waals surface area contributed by atoms with Crippen LogP contribution in [0.25, 0.3) is 11.0 Å². The summed E-state index contributed by atoms with van der Waals surface area (Å²) in [5.41, 5.74) is 1.74. The van der Waals surface area contributed by atoms with Gasteiger partial charge in [-0.15, -0.1) is 0 Å². The molecule has 0 aliphatic rings. The number of carboxylic acid groups (broad SMARTS) is 1. The molecular formula is C14H19N3O4. The highest BCUT2D eigenvalue weighted by Gasteiger charge is 2.16. The number of aromatic amines is 1. The summed E-state index contributed by atoms with van der Waals surface area (Å²) in [6.45, 7) is 4.18. The fraction of sp³-hybridized carbons (Fsp3) is 0.357. The molecule has 0 saturated carbocycles. The van der Waals surface area contributed by atoms with Crippen LogP contribution in [0, 0.1) is 0 Å². The molecule has 0 unspecified atom stereocenters. The Labute approximate surface area is 122 Å². The van der Waals surface area contributed by atoms with Crippen molar-refractivity contribution in [3.63, 3.8) is 0 Å². The predicted molar refractivity (Wildman–Crippen MR) is 78.1 cm³/mol. The Morgan fingerprint density at radius 2 is 2.14 bits per heavy atom. The van der Waals surface area contributed by atoms with Gasteiger partial charge in [0.25, 0.3) is 0 Å². The maximum absolute atomic E-state index is 11.6. The van der Waals surface area contributed by atoms with E-state index in [4.69, 9.17) is 9.84 Å². The van der Waals surface area contributed by atoms with Crippen LogP contribution < -0.4 is 5.32 Å². The number of esters is 1. The summed E-state index contributed by atoms with van der Waals surface area (Å²) < 4.78 is 4.70. The number of aliphatic carboxylic acids is 1. The first kappa shape index (κ1) is 16.6. The maximum atomic E-state index is 11.6. The van der Waals surface area contributed by atoms with Crippen molar-refractivity contribution in [2.75, 3.05) is 13.7 Å². The normalized spacial score (nSPS) is 9.86. The molecule has 0 atom stereocenters. The first-order chi connectivity index (χ1) is 10.1. The van der Waals surface area contributed by atoms with Gasteiger partial charge in [0.2, 0.25) is 0 Å². The lowest BCUT2D eigenvalue weighted by molar-refractivity contribution is -0.136. The van der Waals surface area contributed by atoms with E-state index in [1.165, 1.54) is 13.3 Å². The van der Waals surface area contributed by atoms with E-state index in [1.807, 2.05) is 13.8 Å². The highest BCUT2D eigenvalue weighted by Crippen LogP contribution is 2.21. The predicted octanol–water partition coefficient (Wildman–Crippen LogP) is 1.55. The topological polar surface area (TPSA) is 104 Å². The van der Waals surface area contributed by atoms with Crippen molar-refractivity contribution in [2.45, 2.75) is 20.4 Å². The zero-order chi connectivity index (χ0) is 15.8. The summed E-state index contributed by atoms with van der Waals surface area (Å²) in [5, 5.41) is 12.0. The van der Waals surface area contributed by atoms with Crippen molar-refractivity contribution in [3.8, 4) is 0 Å². The highest BCUT2D eigenvalue weighted by molar-refractivity contribution is 6.04. The molecule has 0 amide bonds. The number of rotatable bonds is 5. The average Bonchev–Trinajstić information content (AvgIpc) is 2.93. The third kappa shape index (κ3) is 4.03. The molecule has 0 fully saturated rings. The first-order valence-electron chi connectivity index (χ1n) is 6.59. The zero-order valence-electron chi connectivity index (χ0n) is 12.3. The lowest BCUT2D eigenvalue weighted by Gasteiger charge is -2.05. The lowest BCUT2D eigenvalue weighted by Crippen LogP contribution is -2.22. The van der Waals surface area contributed by atoms with Gasteiger partial charge in [0.05, 0.1) is 19.2 Å². The molecule has 3 N–H and O–H groups in total. The second-order valence-electron chi connectivity index (χ2n) is 3.88. The van der Waals surface area contributed by atoms with Crippen LogP contribution in [0.2, 0.25) is 0 Å². The number of hydrogen-bond acceptors (Lipinski definition) is 5. The van der Waals surface area contributed by atoms with Crippen LogP contribution in [0.15, 0.2) is 18.5 Å². The molecule has 0 bridgehead atoms. The van der Waals surface area contributed by atoms with Crippen molar-refractivity contribution in [1.82, 2.24) is 15.3 Å². The molecule has 114 valence electrons. The van der Waals surface area contributed by atoms with Gasteiger partial charge < -0.3 is 20.1 Å². The smallest absolute Gasteiger partial charge is 0.340 e. The number of carbonyl (C=O) groups excluding carboxylic acids is 1. The monoisotopic (exact) mass is 293 g/mol. The van der Waals surface area contributed by atoms with Gasteiger partial charge in [0.15, 0.2) is 0 Å². The van der Waals surface area contributed by atoms with E-state index in [-0.39, 0.29) is 6.54 Å². The molecule has 0 spiro atoms. The van der Waals surface area contributed by atoms with Gasteiger partial charge in [-0.25, -0.2) is 9.78 Å². The molecule has 0 aliphatic heterocycles. The van der Waals surface area contributed by atoms with E-state index in [2.05, 4.69) is 15.3 Å². The van der Waals surface area contributed by atoms with Crippen LogP contribution in [-0.2, 0) is 16.1 Å². The summed E-state index contributed by atoms with van der Waals surface area (Å²) >= 11 is 0. The number of methoxy groups -OCH3 is 1. The van der Waals surface area contributed by atoms with Gasteiger partial charge in [0.1, 0.15) is 5.65 Å². The lowest BCUT2D eigenvalue weighted by atomic mass is 10.1. The summed E-state index contributed by atoms with van der Waals surface area (Å²) in [7, 11) is 1.31. The number of nitrogens with one attached hydrogen (secondary N) is 2. The Kier molecular flexibility index (Phi) is 6.35. The zero-order valence-corrected chi connectivity index (χ0v) is 12.3. The SMILES string of the molecule is CC.COC(=O)c1c[nH]c2nccc(CNCC(=O)O)c12. The number of pyridine rings is 1. The minimum atomic E-state index is -0.937. The Morgan fingerprint density at radius 3 is 2.76 bits per heavy atom. The molecule has 0 aromatic carbocycles. The van der Waals surface area contributed by atoms with E-state index in [1.54, 1.807) is 12.3 Å². The van der Waals surface area contributed by atoms with Crippen LogP contribution in [0.4, 0.5) is 0 Å². The maximum Gasteiger partial charge on any atom is 0.340 e. The standard InChI is InChI=1S/C12H13N3O4.C2H6/c1-19-12(18)8-5-15-11-10(8)7(2-3-14-11)4-13-6-9(16)17;1-2/h2-3,5,13H,4,6H2,1H3,(H,14,15)(H,16,17);1-2H3. The number of carboxylic acids is 1. The van der Waals surface area contributed by atoms with Crippen molar-refractivity contribution in [3.05, 3.63) is 29.6 Å². The van der Waals surface area contributed by atoms with Crippen LogP contribution in [-0.4, -0.2) is 40.7 Å². The Morgan fingerprint density at radius 1 is 1.43 bits per heavy atom. The molecule has 0 aliphatic carbocycles. The van der Waals surface area contributed by atoms with Crippen LogP contribution in [0.5, 0.6) is 0 Å². The molecule has 2 rings (SSSR count). The number of fused-ring (bicyclic) bond motifs is 1. The summed E-state index contributed by atoms with van der Waals surface area (Å²) in [6, 6.07) is 1.73. The van der Waals surface area contributed by atoms with E-state index in [0.717, 1.165) is 5.56 Å². The second-order valence-corrected chi connectivity index (χ2v) is 3.88. The van der Waals surface area contributed by atoms with E-state index in [9.17, 15) is 9.59 Å². The fourth-order valence-corrected chi connectivity index (χ4v) is 1.85. The van der Waals surface area contributed by atoms with Crippen LogP contribution in [0.3, 0.4) is 0 Å². The summed E-state index contributed by atoms with van der Waals surface area (Å²) in [4.78, 5) is 29.1. The number of nitrogens with zero attached hydrogens (tertiary/aromatic N) is 1.